The summed E-state index contributed by atoms with van der Waals surface area (Å²) in [7, 11) is 0. The second-order valence-electron chi connectivity index (χ2n) is 4.42. The summed E-state index contributed by atoms with van der Waals surface area (Å²) in [6.07, 6.45) is 0.825. The monoisotopic (exact) mass is 308 g/mol. The molecule has 1 aromatic carbocycles. The standard InChI is InChI=1S/C15H17ClN2OS/c16-14-7-6-13(20-14)15(19)18(11-9-17)10-8-12-4-2-1-3-5-12/h1-7H,8-11,17H2. The normalized spacial score (nSPS) is 10.5. The van der Waals surface area contributed by atoms with E-state index in [-0.39, 0.29) is 5.91 Å². The van der Waals surface area contributed by atoms with Gasteiger partial charge in [0, 0.05) is 19.6 Å². The zero-order chi connectivity index (χ0) is 14.4. The SMILES string of the molecule is NCCN(CCc1ccccc1)C(=O)c1ccc(Cl)s1. The molecule has 0 spiro atoms. The van der Waals surface area contributed by atoms with Crippen molar-refractivity contribution in [3.63, 3.8) is 0 Å². The van der Waals surface area contributed by atoms with E-state index in [9.17, 15) is 4.79 Å². The van der Waals surface area contributed by atoms with Crippen LogP contribution in [0.3, 0.4) is 0 Å². The van der Waals surface area contributed by atoms with Gasteiger partial charge in [0.2, 0.25) is 0 Å². The van der Waals surface area contributed by atoms with Gasteiger partial charge in [0.25, 0.3) is 5.91 Å². The van der Waals surface area contributed by atoms with Gasteiger partial charge in [-0.1, -0.05) is 41.9 Å². The number of hydrogen-bond donors (Lipinski definition) is 1. The van der Waals surface area contributed by atoms with Crippen LogP contribution in [0.1, 0.15) is 15.2 Å². The molecule has 2 rings (SSSR count). The molecular weight excluding hydrogens is 292 g/mol. The van der Waals surface area contributed by atoms with E-state index >= 15 is 0 Å². The van der Waals surface area contributed by atoms with Crippen LogP contribution in [-0.4, -0.2) is 30.4 Å². The molecule has 1 heterocycles. The average Bonchev–Trinajstić information content (AvgIpc) is 2.90. The van der Waals surface area contributed by atoms with Gasteiger partial charge in [0.05, 0.1) is 9.21 Å². The Morgan fingerprint density at radius 3 is 2.50 bits per heavy atom. The van der Waals surface area contributed by atoms with Gasteiger partial charge in [-0.2, -0.15) is 0 Å². The van der Waals surface area contributed by atoms with Gasteiger partial charge in [-0.3, -0.25) is 4.79 Å². The molecule has 0 aliphatic rings. The molecule has 106 valence electrons. The summed E-state index contributed by atoms with van der Waals surface area (Å²) in [6, 6.07) is 13.6. The minimum absolute atomic E-state index is 0.00304. The molecule has 0 atom stereocenters. The van der Waals surface area contributed by atoms with E-state index in [4.69, 9.17) is 17.3 Å². The summed E-state index contributed by atoms with van der Waals surface area (Å²) in [4.78, 5) is 14.8. The fourth-order valence-corrected chi connectivity index (χ4v) is 2.98. The Morgan fingerprint density at radius 1 is 1.15 bits per heavy atom. The molecule has 5 heteroatoms. The van der Waals surface area contributed by atoms with Gasteiger partial charge < -0.3 is 10.6 Å². The molecular formula is C15H17ClN2OS. The van der Waals surface area contributed by atoms with Gasteiger partial charge in [-0.25, -0.2) is 0 Å². The summed E-state index contributed by atoms with van der Waals surface area (Å²) in [5, 5.41) is 0. The average molecular weight is 309 g/mol. The van der Waals surface area contributed by atoms with Crippen molar-refractivity contribution < 1.29 is 4.79 Å². The molecule has 3 nitrogen and oxygen atoms in total. The minimum atomic E-state index is 0.00304. The third kappa shape index (κ3) is 4.07. The number of thiophene rings is 1. The number of halogens is 1. The van der Waals surface area contributed by atoms with Gasteiger partial charge in [-0.15, -0.1) is 11.3 Å². The highest BCUT2D eigenvalue weighted by molar-refractivity contribution is 7.17. The van der Waals surface area contributed by atoms with E-state index < -0.39 is 0 Å². The van der Waals surface area contributed by atoms with E-state index in [1.165, 1.54) is 16.9 Å². The molecule has 20 heavy (non-hydrogen) atoms. The lowest BCUT2D eigenvalue weighted by Crippen LogP contribution is -2.36. The van der Waals surface area contributed by atoms with Crippen molar-refractivity contribution in [2.45, 2.75) is 6.42 Å². The fourth-order valence-electron chi connectivity index (χ4n) is 1.96. The Morgan fingerprint density at radius 2 is 1.90 bits per heavy atom. The third-order valence-corrected chi connectivity index (χ3v) is 4.20. The first-order valence-corrected chi connectivity index (χ1v) is 7.69. The molecule has 0 fully saturated rings. The van der Waals surface area contributed by atoms with Crippen molar-refractivity contribution in [3.05, 3.63) is 57.2 Å². The topological polar surface area (TPSA) is 46.3 Å². The Balaban J connectivity index is 2.01. The molecule has 2 N–H and O–H groups in total. The molecule has 0 aliphatic heterocycles. The van der Waals surface area contributed by atoms with E-state index in [0.29, 0.717) is 28.8 Å². The van der Waals surface area contributed by atoms with Crippen molar-refractivity contribution in [1.82, 2.24) is 4.90 Å². The summed E-state index contributed by atoms with van der Waals surface area (Å²) in [5.74, 6) is 0.00304. The van der Waals surface area contributed by atoms with Crippen LogP contribution < -0.4 is 5.73 Å². The molecule has 0 saturated heterocycles. The number of carbonyl (C=O) groups is 1. The molecule has 1 aromatic heterocycles. The van der Waals surface area contributed by atoms with E-state index in [1.807, 2.05) is 18.2 Å². The van der Waals surface area contributed by atoms with E-state index in [2.05, 4.69) is 12.1 Å². The largest absolute Gasteiger partial charge is 0.336 e. The zero-order valence-corrected chi connectivity index (χ0v) is 12.7. The summed E-state index contributed by atoms with van der Waals surface area (Å²) in [5.41, 5.74) is 6.82. The molecule has 0 unspecified atom stereocenters. The van der Waals surface area contributed by atoms with Crippen LogP contribution >= 0.6 is 22.9 Å². The van der Waals surface area contributed by atoms with Crippen LogP contribution in [0.25, 0.3) is 0 Å². The van der Waals surface area contributed by atoms with Crippen LogP contribution in [0.5, 0.6) is 0 Å². The lowest BCUT2D eigenvalue weighted by molar-refractivity contribution is 0.0767. The molecule has 1 amide bonds. The number of amides is 1. The lowest BCUT2D eigenvalue weighted by Gasteiger charge is -2.21. The maximum Gasteiger partial charge on any atom is 0.264 e. The van der Waals surface area contributed by atoms with Gasteiger partial charge >= 0.3 is 0 Å². The second-order valence-corrected chi connectivity index (χ2v) is 6.14. The highest BCUT2D eigenvalue weighted by atomic mass is 35.5. The molecule has 0 saturated carbocycles. The number of hydrogen-bond acceptors (Lipinski definition) is 3. The van der Waals surface area contributed by atoms with Crippen molar-refractivity contribution in [2.75, 3.05) is 19.6 Å². The van der Waals surface area contributed by atoms with Crippen molar-refractivity contribution >= 4 is 28.8 Å². The van der Waals surface area contributed by atoms with Crippen LogP contribution in [-0.2, 0) is 6.42 Å². The summed E-state index contributed by atoms with van der Waals surface area (Å²) >= 11 is 7.19. The Hall–Kier alpha value is -1.36. The smallest absolute Gasteiger partial charge is 0.264 e. The number of carbonyl (C=O) groups excluding carboxylic acids is 1. The van der Waals surface area contributed by atoms with E-state index in [1.54, 1.807) is 17.0 Å². The molecule has 2 aromatic rings. The van der Waals surface area contributed by atoms with Crippen LogP contribution in [0.4, 0.5) is 0 Å². The quantitative estimate of drug-likeness (QED) is 0.891. The Bertz CT molecular complexity index is 556. The first-order chi connectivity index (χ1) is 9.70. The van der Waals surface area contributed by atoms with Gasteiger partial charge in [0.15, 0.2) is 0 Å². The highest BCUT2D eigenvalue weighted by Gasteiger charge is 2.16. The minimum Gasteiger partial charge on any atom is -0.336 e. The third-order valence-electron chi connectivity index (χ3n) is 2.98. The lowest BCUT2D eigenvalue weighted by atomic mass is 10.1. The number of benzene rings is 1. The van der Waals surface area contributed by atoms with Crippen LogP contribution in [0.15, 0.2) is 42.5 Å². The summed E-state index contributed by atoms with van der Waals surface area (Å²) < 4.78 is 0.629. The summed E-state index contributed by atoms with van der Waals surface area (Å²) in [6.45, 7) is 1.68. The van der Waals surface area contributed by atoms with E-state index in [0.717, 1.165) is 6.42 Å². The molecule has 0 aliphatic carbocycles. The van der Waals surface area contributed by atoms with Gasteiger partial charge in [0.1, 0.15) is 0 Å². The second kappa shape index (κ2) is 7.43. The number of rotatable bonds is 6. The predicted octanol–water partition coefficient (Wildman–Crippen LogP) is 3.05. The highest BCUT2D eigenvalue weighted by Crippen LogP contribution is 2.22. The fraction of sp³-hybridized carbons (Fsp3) is 0.267. The van der Waals surface area contributed by atoms with Crippen LogP contribution in [0, 0.1) is 0 Å². The first kappa shape index (κ1) is 15.0. The number of nitrogens with two attached hydrogens (primary N) is 1. The Kier molecular flexibility index (Phi) is 5.59. The van der Waals surface area contributed by atoms with Crippen molar-refractivity contribution in [1.29, 1.82) is 0 Å². The maximum atomic E-state index is 12.4. The van der Waals surface area contributed by atoms with Gasteiger partial charge in [-0.05, 0) is 24.1 Å². The number of nitrogens with zero attached hydrogens (tertiary/aromatic N) is 1. The maximum absolute atomic E-state index is 12.4. The first-order valence-electron chi connectivity index (χ1n) is 6.49. The zero-order valence-electron chi connectivity index (χ0n) is 11.1. The predicted molar refractivity (Wildman–Crippen MR) is 84.4 cm³/mol. The van der Waals surface area contributed by atoms with Crippen molar-refractivity contribution in [2.24, 2.45) is 5.73 Å². The van der Waals surface area contributed by atoms with Crippen LogP contribution in [0.2, 0.25) is 4.34 Å². The molecule has 0 radical (unpaired) electrons. The van der Waals surface area contributed by atoms with Crippen molar-refractivity contribution in [3.8, 4) is 0 Å². The Labute approximate surface area is 128 Å². The molecule has 0 bridgehead atoms.